The molecule has 1 heterocycles. The molecule has 0 bridgehead atoms. The summed E-state index contributed by atoms with van der Waals surface area (Å²) in [5.41, 5.74) is 0.971. The molecule has 1 aromatic carbocycles. The van der Waals surface area contributed by atoms with Gasteiger partial charge in [0.05, 0.1) is 12.3 Å². The van der Waals surface area contributed by atoms with Crippen LogP contribution in [-0.2, 0) is 16.1 Å². The average Bonchev–Trinajstić information content (AvgIpc) is 2.42. The van der Waals surface area contributed by atoms with Gasteiger partial charge >= 0.3 is 6.09 Å². The van der Waals surface area contributed by atoms with E-state index in [0.29, 0.717) is 0 Å². The van der Waals surface area contributed by atoms with Crippen molar-refractivity contribution in [2.75, 3.05) is 0 Å². The minimum absolute atomic E-state index is 0.0516. The van der Waals surface area contributed by atoms with Crippen molar-refractivity contribution in [2.24, 2.45) is 5.92 Å². The zero-order valence-corrected chi connectivity index (χ0v) is 11.2. The summed E-state index contributed by atoms with van der Waals surface area (Å²) in [7, 11) is 0. The summed E-state index contributed by atoms with van der Waals surface area (Å²) in [6.07, 6.45) is 3.15. The summed E-state index contributed by atoms with van der Waals surface area (Å²) >= 11 is 0. The maximum absolute atomic E-state index is 11.8. The molecular weight excluding hydrogens is 242 g/mol. The first-order chi connectivity index (χ1) is 9.16. The summed E-state index contributed by atoms with van der Waals surface area (Å²) < 4.78 is 10.6. The second kappa shape index (κ2) is 6.27. The molecule has 0 fully saturated rings. The fourth-order valence-corrected chi connectivity index (χ4v) is 2.07. The van der Waals surface area contributed by atoms with Crippen LogP contribution >= 0.6 is 0 Å². The molecule has 1 N–H and O–H groups in total. The lowest BCUT2D eigenvalue weighted by Crippen LogP contribution is -2.48. The number of amides is 1. The number of ether oxygens (including phenoxy) is 2. The largest absolute Gasteiger partial charge is 0.496 e. The quantitative estimate of drug-likeness (QED) is 0.910. The van der Waals surface area contributed by atoms with Gasteiger partial charge in [-0.3, -0.25) is 0 Å². The molecule has 0 spiro atoms. The molecule has 19 heavy (non-hydrogen) atoms. The molecule has 0 saturated carbocycles. The lowest BCUT2D eigenvalue weighted by molar-refractivity contribution is 0.0744. The Morgan fingerprint density at radius 3 is 2.74 bits per heavy atom. The zero-order chi connectivity index (χ0) is 13.7. The van der Waals surface area contributed by atoms with Gasteiger partial charge in [-0.25, -0.2) is 4.79 Å². The number of hydrogen-bond donors (Lipinski definition) is 1. The van der Waals surface area contributed by atoms with E-state index in [4.69, 9.17) is 9.47 Å². The van der Waals surface area contributed by atoms with E-state index in [1.165, 1.54) is 0 Å². The van der Waals surface area contributed by atoms with Crippen LogP contribution in [0.1, 0.15) is 19.4 Å². The highest BCUT2D eigenvalue weighted by Crippen LogP contribution is 2.17. The highest BCUT2D eigenvalue weighted by molar-refractivity contribution is 5.67. The number of carbonyl (C=O) groups excluding carboxylic acids is 1. The van der Waals surface area contributed by atoms with Crippen molar-refractivity contribution >= 4 is 6.09 Å². The number of nitrogens with one attached hydrogen (secondary N) is 1. The molecule has 0 aliphatic carbocycles. The molecule has 102 valence electrons. The third kappa shape index (κ3) is 3.74. The van der Waals surface area contributed by atoms with E-state index < -0.39 is 6.09 Å². The number of alkyl carbamates (subject to hydrolysis) is 1. The first kappa shape index (κ1) is 13.5. The molecule has 2 rings (SSSR count). The van der Waals surface area contributed by atoms with Crippen molar-refractivity contribution in [1.82, 2.24) is 5.32 Å². The van der Waals surface area contributed by atoms with Crippen LogP contribution in [-0.4, -0.2) is 18.2 Å². The fraction of sp³-hybridized carbons (Fsp3) is 0.400. The van der Waals surface area contributed by atoms with Crippen molar-refractivity contribution in [3.8, 4) is 0 Å². The van der Waals surface area contributed by atoms with Gasteiger partial charge in [0.2, 0.25) is 0 Å². The summed E-state index contributed by atoms with van der Waals surface area (Å²) in [5, 5.41) is 2.85. The summed E-state index contributed by atoms with van der Waals surface area (Å²) in [5.74, 6) is 0.230. The molecule has 1 amide bonds. The Morgan fingerprint density at radius 1 is 1.32 bits per heavy atom. The van der Waals surface area contributed by atoms with Gasteiger partial charge < -0.3 is 14.8 Å². The summed E-state index contributed by atoms with van der Waals surface area (Å²) in [6, 6.07) is 9.55. The molecule has 0 saturated heterocycles. The first-order valence-electron chi connectivity index (χ1n) is 6.46. The third-order valence-corrected chi connectivity index (χ3v) is 3.24. The second-order valence-corrected chi connectivity index (χ2v) is 4.76. The van der Waals surface area contributed by atoms with Crippen molar-refractivity contribution in [3.63, 3.8) is 0 Å². The summed E-state index contributed by atoms with van der Waals surface area (Å²) in [4.78, 5) is 11.8. The lowest BCUT2D eigenvalue weighted by Gasteiger charge is -2.31. The Bertz CT molecular complexity index is 444. The Labute approximate surface area is 113 Å². The van der Waals surface area contributed by atoms with Gasteiger partial charge in [-0.15, -0.1) is 0 Å². The molecular formula is C15H19NO3. The fourth-order valence-electron chi connectivity index (χ4n) is 2.07. The van der Waals surface area contributed by atoms with E-state index in [-0.39, 0.29) is 24.7 Å². The maximum atomic E-state index is 11.8. The lowest BCUT2D eigenvalue weighted by atomic mass is 9.96. The zero-order valence-electron chi connectivity index (χ0n) is 11.2. The van der Waals surface area contributed by atoms with Crippen LogP contribution in [0.25, 0.3) is 0 Å². The number of benzene rings is 1. The van der Waals surface area contributed by atoms with E-state index in [1.54, 1.807) is 6.26 Å². The third-order valence-electron chi connectivity index (χ3n) is 3.24. The van der Waals surface area contributed by atoms with Crippen LogP contribution in [0, 0.1) is 5.92 Å². The summed E-state index contributed by atoms with van der Waals surface area (Å²) in [6.45, 7) is 4.25. The number of hydrogen-bond acceptors (Lipinski definition) is 3. The Morgan fingerprint density at radius 2 is 2.05 bits per heavy atom. The van der Waals surface area contributed by atoms with Crippen molar-refractivity contribution in [2.45, 2.75) is 32.6 Å². The highest BCUT2D eigenvalue weighted by Gasteiger charge is 2.28. The van der Waals surface area contributed by atoms with Crippen molar-refractivity contribution in [1.29, 1.82) is 0 Å². The minimum atomic E-state index is -0.411. The van der Waals surface area contributed by atoms with Gasteiger partial charge in [0.1, 0.15) is 12.7 Å². The second-order valence-electron chi connectivity index (χ2n) is 4.76. The average molecular weight is 261 g/mol. The van der Waals surface area contributed by atoms with Crippen LogP contribution < -0.4 is 5.32 Å². The Hall–Kier alpha value is -1.97. The van der Waals surface area contributed by atoms with E-state index in [9.17, 15) is 4.79 Å². The van der Waals surface area contributed by atoms with Crippen LogP contribution in [0.2, 0.25) is 0 Å². The van der Waals surface area contributed by atoms with Gasteiger partial charge in [0, 0.05) is 5.92 Å². The number of rotatable bonds is 3. The molecule has 1 aliphatic heterocycles. The van der Waals surface area contributed by atoms with Crippen LogP contribution in [0.4, 0.5) is 4.79 Å². The topological polar surface area (TPSA) is 47.6 Å². The Balaban J connectivity index is 1.82. The van der Waals surface area contributed by atoms with Gasteiger partial charge in [0.25, 0.3) is 0 Å². The smallest absolute Gasteiger partial charge is 0.407 e. The molecule has 1 aliphatic rings. The molecule has 4 heteroatoms. The molecule has 0 aromatic heterocycles. The van der Waals surface area contributed by atoms with Gasteiger partial charge in [-0.2, -0.15) is 0 Å². The first-order valence-corrected chi connectivity index (χ1v) is 6.46. The normalized spacial score (nSPS) is 25.5. The minimum Gasteiger partial charge on any atom is -0.496 e. The standard InChI is InChI=1S/C15H19NO3/c1-11-8-9-18-12(2)14(11)16-15(17)19-10-13-6-4-3-5-7-13/h3-9,11-12,14H,10H2,1-2H3,(H,16,17)/t11-,12?,14-/m1/s1. The van der Waals surface area contributed by atoms with Gasteiger partial charge in [-0.1, -0.05) is 37.3 Å². The molecule has 4 nitrogen and oxygen atoms in total. The van der Waals surface area contributed by atoms with Gasteiger partial charge in [-0.05, 0) is 18.6 Å². The highest BCUT2D eigenvalue weighted by atomic mass is 16.5. The van der Waals surface area contributed by atoms with Crippen LogP contribution in [0.15, 0.2) is 42.7 Å². The SMILES string of the molecule is CC1OC=C[C@@H](C)[C@H]1NC(=O)OCc1ccccc1. The van der Waals surface area contributed by atoms with E-state index in [2.05, 4.69) is 5.32 Å². The molecule has 3 atom stereocenters. The van der Waals surface area contributed by atoms with Crippen molar-refractivity contribution in [3.05, 3.63) is 48.2 Å². The molecule has 1 aromatic rings. The predicted octanol–water partition coefficient (Wildman–Crippen LogP) is 2.85. The molecule has 0 radical (unpaired) electrons. The van der Waals surface area contributed by atoms with Crippen LogP contribution in [0.3, 0.4) is 0 Å². The number of carbonyl (C=O) groups is 1. The predicted molar refractivity (Wildman–Crippen MR) is 72.4 cm³/mol. The monoisotopic (exact) mass is 261 g/mol. The van der Waals surface area contributed by atoms with E-state index in [0.717, 1.165) is 5.56 Å². The Kier molecular flexibility index (Phi) is 4.44. The van der Waals surface area contributed by atoms with E-state index >= 15 is 0 Å². The molecule has 1 unspecified atom stereocenters. The maximum Gasteiger partial charge on any atom is 0.407 e. The van der Waals surface area contributed by atoms with Crippen molar-refractivity contribution < 1.29 is 14.3 Å². The van der Waals surface area contributed by atoms with Crippen LogP contribution in [0.5, 0.6) is 0 Å². The van der Waals surface area contributed by atoms with Gasteiger partial charge in [0.15, 0.2) is 0 Å². The van der Waals surface area contributed by atoms with E-state index in [1.807, 2.05) is 50.3 Å².